The van der Waals surface area contributed by atoms with Gasteiger partial charge in [-0.1, -0.05) is 12.1 Å². The van der Waals surface area contributed by atoms with E-state index in [0.29, 0.717) is 30.2 Å². The Morgan fingerprint density at radius 1 is 0.826 bits per heavy atom. The fraction of sp³-hybridized carbons (Fsp3) is 0.469. The molecule has 2 aliphatic rings. The van der Waals surface area contributed by atoms with Gasteiger partial charge in [0.15, 0.2) is 6.29 Å². The zero-order valence-electron chi connectivity index (χ0n) is 26.8. The standard InChI is InChI=1S/C32H41N5O9/c1-31(2,3)45-29(40)36-27(37-30(41)46-32(4,5)6)35-22-13-9-20(10-14-22)25(38)34-21-11-7-19(8-12-21)17-33-28(39)44-24-18-43-26-23(24)15-16-42-26/h7-14,23-24,26H,15-18H2,1-6H3,(H,33,39)(H,34,38)(H2,35,36,37,40,41)/t23-,24-,26+/m1/s1. The number of fused-ring (bicyclic) bond motifs is 1. The Bertz CT molecular complexity index is 1400. The second kappa shape index (κ2) is 14.6. The van der Waals surface area contributed by atoms with Gasteiger partial charge in [0.1, 0.15) is 17.3 Å². The summed E-state index contributed by atoms with van der Waals surface area (Å²) >= 11 is 0. The number of carbonyl (C=O) groups is 4. The minimum Gasteiger partial charge on any atom is -0.444 e. The highest BCUT2D eigenvalue weighted by molar-refractivity contribution is 6.05. The smallest absolute Gasteiger partial charge is 0.414 e. The Kier molecular flexibility index (Phi) is 10.9. The number of hydrogen-bond acceptors (Lipinski definition) is 10. The van der Waals surface area contributed by atoms with E-state index in [9.17, 15) is 19.2 Å². The third-order valence-electron chi connectivity index (χ3n) is 6.50. The molecule has 14 nitrogen and oxygen atoms in total. The van der Waals surface area contributed by atoms with Crippen molar-refractivity contribution in [1.29, 1.82) is 0 Å². The Balaban J connectivity index is 1.30. The predicted molar refractivity (Wildman–Crippen MR) is 168 cm³/mol. The first-order valence-corrected chi connectivity index (χ1v) is 14.9. The largest absolute Gasteiger partial charge is 0.444 e. The molecular weight excluding hydrogens is 598 g/mol. The van der Waals surface area contributed by atoms with Crippen LogP contribution in [-0.4, -0.2) is 67.0 Å². The molecule has 3 atom stereocenters. The van der Waals surface area contributed by atoms with Crippen LogP contribution >= 0.6 is 0 Å². The molecule has 0 unspecified atom stereocenters. The average molecular weight is 640 g/mol. The van der Waals surface area contributed by atoms with Gasteiger partial charge in [0.05, 0.1) is 24.8 Å². The third kappa shape index (κ3) is 10.7. The lowest BCUT2D eigenvalue weighted by Gasteiger charge is -2.22. The minimum atomic E-state index is -0.822. The molecule has 2 aromatic carbocycles. The van der Waals surface area contributed by atoms with Gasteiger partial charge in [0.2, 0.25) is 5.96 Å². The number of ether oxygens (including phenoxy) is 5. The lowest BCUT2D eigenvalue weighted by molar-refractivity contribution is -0.0907. The van der Waals surface area contributed by atoms with Crippen LogP contribution in [0.1, 0.15) is 63.9 Å². The molecule has 0 saturated carbocycles. The maximum absolute atomic E-state index is 12.9. The van der Waals surface area contributed by atoms with E-state index in [-0.39, 0.29) is 36.7 Å². The average Bonchev–Trinajstić information content (AvgIpc) is 3.56. The Hall–Kier alpha value is -4.69. The fourth-order valence-corrected chi connectivity index (χ4v) is 4.51. The molecule has 2 aliphatic heterocycles. The number of anilines is 1. The lowest BCUT2D eigenvalue weighted by Crippen LogP contribution is -2.47. The van der Waals surface area contributed by atoms with Crippen molar-refractivity contribution in [2.24, 2.45) is 10.9 Å². The molecule has 248 valence electrons. The van der Waals surface area contributed by atoms with Crippen molar-refractivity contribution >= 4 is 41.5 Å². The van der Waals surface area contributed by atoms with Gasteiger partial charge < -0.3 is 34.3 Å². The summed E-state index contributed by atoms with van der Waals surface area (Å²) in [5, 5.41) is 10.4. The fourth-order valence-electron chi connectivity index (χ4n) is 4.51. The molecule has 4 N–H and O–H groups in total. The molecule has 0 spiro atoms. The van der Waals surface area contributed by atoms with Crippen molar-refractivity contribution in [3.8, 4) is 0 Å². The van der Waals surface area contributed by atoms with Gasteiger partial charge >= 0.3 is 18.3 Å². The maximum atomic E-state index is 12.9. The highest BCUT2D eigenvalue weighted by Gasteiger charge is 2.43. The van der Waals surface area contributed by atoms with Crippen LogP contribution < -0.4 is 21.3 Å². The van der Waals surface area contributed by atoms with Crippen molar-refractivity contribution in [3.05, 3.63) is 59.7 Å². The van der Waals surface area contributed by atoms with Crippen LogP contribution in [-0.2, 0) is 30.2 Å². The SMILES string of the molecule is CC(C)(C)OC(=O)NC(=Nc1ccc(C(=O)Nc2ccc(CNC(=O)O[C@@H]3CO[C@@H]4OCC[C@@H]43)cc2)cc1)NC(=O)OC(C)(C)C. The van der Waals surface area contributed by atoms with Crippen LogP contribution in [0.3, 0.4) is 0 Å². The number of alkyl carbamates (subject to hydrolysis) is 3. The molecule has 0 radical (unpaired) electrons. The molecule has 4 amide bonds. The van der Waals surface area contributed by atoms with Crippen LogP contribution in [0.4, 0.5) is 25.8 Å². The predicted octanol–water partition coefficient (Wildman–Crippen LogP) is 4.96. The summed E-state index contributed by atoms with van der Waals surface area (Å²) in [5.74, 6) is -0.512. The second-order valence-corrected chi connectivity index (χ2v) is 12.7. The van der Waals surface area contributed by atoms with Crippen LogP contribution in [0, 0.1) is 5.92 Å². The van der Waals surface area contributed by atoms with E-state index < -0.39 is 29.5 Å². The lowest BCUT2D eigenvalue weighted by atomic mass is 10.0. The van der Waals surface area contributed by atoms with Crippen molar-refractivity contribution in [1.82, 2.24) is 16.0 Å². The molecule has 2 fully saturated rings. The van der Waals surface area contributed by atoms with Gasteiger partial charge in [-0.2, -0.15) is 0 Å². The monoisotopic (exact) mass is 639 g/mol. The van der Waals surface area contributed by atoms with Crippen LogP contribution in [0.25, 0.3) is 0 Å². The molecule has 14 heteroatoms. The maximum Gasteiger partial charge on any atom is 0.414 e. The molecule has 0 bridgehead atoms. The molecule has 0 aromatic heterocycles. The summed E-state index contributed by atoms with van der Waals surface area (Å²) in [6, 6.07) is 13.2. The molecule has 0 aliphatic carbocycles. The van der Waals surface area contributed by atoms with Crippen LogP contribution in [0.5, 0.6) is 0 Å². The van der Waals surface area contributed by atoms with Crippen LogP contribution in [0.15, 0.2) is 53.5 Å². The van der Waals surface area contributed by atoms with Gasteiger partial charge in [0, 0.05) is 17.8 Å². The summed E-state index contributed by atoms with van der Waals surface area (Å²) in [4.78, 5) is 54.1. The number of carbonyl (C=O) groups excluding carboxylic acids is 4. The number of nitrogens with one attached hydrogen (secondary N) is 4. The summed E-state index contributed by atoms with van der Waals surface area (Å²) in [5.41, 5.74) is 0.506. The van der Waals surface area contributed by atoms with Gasteiger partial charge in [0.25, 0.3) is 5.91 Å². The first-order chi connectivity index (χ1) is 21.6. The molecule has 4 rings (SSSR count). The van der Waals surface area contributed by atoms with Gasteiger partial charge in [-0.3, -0.25) is 15.4 Å². The van der Waals surface area contributed by atoms with Crippen molar-refractivity contribution < 1.29 is 42.9 Å². The Labute approximate surface area is 267 Å². The number of amides is 4. The van der Waals surface area contributed by atoms with Crippen molar-refractivity contribution in [2.75, 3.05) is 18.5 Å². The van der Waals surface area contributed by atoms with Gasteiger partial charge in [-0.25, -0.2) is 19.4 Å². The molecule has 2 heterocycles. The van der Waals surface area contributed by atoms with E-state index >= 15 is 0 Å². The zero-order chi connectivity index (χ0) is 33.5. The van der Waals surface area contributed by atoms with E-state index in [1.165, 1.54) is 0 Å². The Morgan fingerprint density at radius 3 is 2.02 bits per heavy atom. The van der Waals surface area contributed by atoms with E-state index in [1.54, 1.807) is 90.1 Å². The number of hydrogen-bond donors (Lipinski definition) is 4. The topological polar surface area (TPSA) is 175 Å². The number of guanidine groups is 1. The second-order valence-electron chi connectivity index (χ2n) is 12.7. The summed E-state index contributed by atoms with van der Waals surface area (Å²) in [7, 11) is 0. The van der Waals surface area contributed by atoms with Crippen LogP contribution in [0.2, 0.25) is 0 Å². The minimum absolute atomic E-state index is 0.0670. The molecule has 2 aromatic rings. The van der Waals surface area contributed by atoms with Gasteiger partial charge in [-0.15, -0.1) is 0 Å². The summed E-state index contributed by atoms with van der Waals surface area (Å²) in [6.45, 7) is 11.4. The quantitative estimate of drug-likeness (QED) is 0.193. The third-order valence-corrected chi connectivity index (χ3v) is 6.50. The highest BCUT2D eigenvalue weighted by atomic mass is 16.7. The van der Waals surface area contributed by atoms with Gasteiger partial charge in [-0.05, 0) is 89.9 Å². The van der Waals surface area contributed by atoms with E-state index in [1.807, 2.05) is 0 Å². The highest BCUT2D eigenvalue weighted by Crippen LogP contribution is 2.33. The van der Waals surface area contributed by atoms with E-state index in [0.717, 1.165) is 12.0 Å². The molecule has 46 heavy (non-hydrogen) atoms. The van der Waals surface area contributed by atoms with E-state index in [2.05, 4.69) is 26.3 Å². The first kappa shape index (κ1) is 34.2. The van der Waals surface area contributed by atoms with Crippen molar-refractivity contribution in [2.45, 2.75) is 78.1 Å². The van der Waals surface area contributed by atoms with Crippen molar-refractivity contribution in [3.63, 3.8) is 0 Å². The number of rotatable bonds is 6. The zero-order valence-corrected chi connectivity index (χ0v) is 26.8. The molecule has 2 saturated heterocycles. The Morgan fingerprint density at radius 2 is 1.43 bits per heavy atom. The summed E-state index contributed by atoms with van der Waals surface area (Å²) in [6.07, 6.45) is -1.99. The van der Waals surface area contributed by atoms with E-state index in [4.69, 9.17) is 23.7 Å². The molecular formula is C32H41N5O9. The number of benzene rings is 2. The normalized spacial score (nSPS) is 18.9. The number of nitrogens with zero attached hydrogens (tertiary/aromatic N) is 1. The first-order valence-electron chi connectivity index (χ1n) is 14.9. The summed E-state index contributed by atoms with van der Waals surface area (Å²) < 4.78 is 27.0. The number of aliphatic imine (C=N–C) groups is 1.